The molecule has 2 rings (SSSR count). The third kappa shape index (κ3) is 1.78. The highest BCUT2D eigenvalue weighted by molar-refractivity contribution is 5.85. The van der Waals surface area contributed by atoms with Gasteiger partial charge in [-0.2, -0.15) is 0 Å². The highest BCUT2D eigenvalue weighted by Gasteiger charge is 2.02. The van der Waals surface area contributed by atoms with Crippen molar-refractivity contribution in [2.24, 2.45) is 5.73 Å². The molecule has 0 unspecified atom stereocenters. The van der Waals surface area contributed by atoms with E-state index in [0.29, 0.717) is 6.54 Å². The molecule has 74 valence electrons. The fourth-order valence-electron chi connectivity index (χ4n) is 1.22. The number of hydrogen-bond donors (Lipinski definition) is 2. The second kappa shape index (κ2) is 4.26. The summed E-state index contributed by atoms with van der Waals surface area (Å²) in [6, 6.07) is 7.86. The van der Waals surface area contributed by atoms with Gasteiger partial charge in [-0.05, 0) is 12.1 Å². The summed E-state index contributed by atoms with van der Waals surface area (Å²) in [5, 5.41) is 0. The molecule has 0 spiro atoms. The highest BCUT2D eigenvalue weighted by Crippen LogP contribution is 2.14. The zero-order chi connectivity index (χ0) is 9.26. The van der Waals surface area contributed by atoms with Crippen LogP contribution in [-0.2, 0) is 0 Å². The third-order valence-electron chi connectivity index (χ3n) is 1.97. The van der Waals surface area contributed by atoms with Crippen LogP contribution in [0, 0.1) is 0 Å². The Balaban J connectivity index is 0.000000980. The minimum atomic E-state index is 0. The summed E-state index contributed by atoms with van der Waals surface area (Å²) in [6.45, 7) is 4.25. The molecule has 0 fully saturated rings. The van der Waals surface area contributed by atoms with Crippen molar-refractivity contribution in [3.05, 3.63) is 36.7 Å². The Labute approximate surface area is 88.4 Å². The molecule has 2 aromatic rings. The fraction of sp³-hybridized carbons (Fsp3) is 0.100. The Kier molecular flexibility index (Phi) is 3.28. The van der Waals surface area contributed by atoms with Crippen LogP contribution < -0.4 is 5.73 Å². The average molecular weight is 210 g/mol. The van der Waals surface area contributed by atoms with E-state index in [2.05, 4.69) is 16.5 Å². The van der Waals surface area contributed by atoms with E-state index in [1.807, 2.05) is 24.3 Å². The molecule has 4 heteroatoms. The van der Waals surface area contributed by atoms with Crippen LogP contribution in [0.4, 0.5) is 0 Å². The van der Waals surface area contributed by atoms with Crippen molar-refractivity contribution in [1.82, 2.24) is 9.97 Å². The Hall–Kier alpha value is -1.32. The maximum absolute atomic E-state index is 5.47. The first-order valence-corrected chi connectivity index (χ1v) is 4.14. The molecule has 0 saturated carbocycles. The van der Waals surface area contributed by atoms with E-state index in [1.54, 1.807) is 0 Å². The van der Waals surface area contributed by atoms with Crippen molar-refractivity contribution in [2.45, 2.75) is 0 Å². The molecule has 3 N–H and O–H groups in total. The molecule has 3 nitrogen and oxygen atoms in total. The van der Waals surface area contributed by atoms with Gasteiger partial charge < -0.3 is 10.7 Å². The first-order valence-electron chi connectivity index (χ1n) is 4.14. The quantitative estimate of drug-likeness (QED) is 0.795. The van der Waals surface area contributed by atoms with Gasteiger partial charge in [0.2, 0.25) is 0 Å². The van der Waals surface area contributed by atoms with Gasteiger partial charge in [0.15, 0.2) is 0 Å². The van der Waals surface area contributed by atoms with Crippen LogP contribution in [0.5, 0.6) is 0 Å². The topological polar surface area (TPSA) is 54.7 Å². The van der Waals surface area contributed by atoms with E-state index in [0.717, 1.165) is 22.4 Å². The van der Waals surface area contributed by atoms with E-state index in [1.165, 1.54) is 0 Å². The van der Waals surface area contributed by atoms with Crippen molar-refractivity contribution in [1.29, 1.82) is 0 Å². The predicted octanol–water partition coefficient (Wildman–Crippen LogP) is 1.96. The van der Waals surface area contributed by atoms with E-state index in [4.69, 9.17) is 5.73 Å². The molecule has 0 aliphatic heterocycles. The van der Waals surface area contributed by atoms with Gasteiger partial charge in [-0.15, -0.1) is 12.4 Å². The number of aromatic amines is 1. The van der Waals surface area contributed by atoms with Crippen molar-refractivity contribution < 1.29 is 0 Å². The standard InChI is InChI=1S/C10H11N3.ClH/c1-7(6-11)10-12-8-4-2-3-5-9(8)13-10;/h2-5H,1,6,11H2,(H,12,13);1H. The van der Waals surface area contributed by atoms with E-state index >= 15 is 0 Å². The van der Waals surface area contributed by atoms with Crippen molar-refractivity contribution >= 4 is 29.0 Å². The normalized spacial score (nSPS) is 9.79. The average Bonchev–Trinajstić information content (AvgIpc) is 2.59. The van der Waals surface area contributed by atoms with Gasteiger partial charge in [-0.3, -0.25) is 0 Å². The maximum Gasteiger partial charge on any atom is 0.135 e. The lowest BCUT2D eigenvalue weighted by molar-refractivity contribution is 1.18. The zero-order valence-corrected chi connectivity index (χ0v) is 8.47. The fourth-order valence-corrected chi connectivity index (χ4v) is 1.22. The maximum atomic E-state index is 5.47. The number of fused-ring (bicyclic) bond motifs is 1. The van der Waals surface area contributed by atoms with Gasteiger partial charge in [-0.1, -0.05) is 18.7 Å². The van der Waals surface area contributed by atoms with E-state index in [9.17, 15) is 0 Å². The number of H-pyrrole nitrogens is 1. The second-order valence-electron chi connectivity index (χ2n) is 2.91. The van der Waals surface area contributed by atoms with Crippen LogP contribution in [0.3, 0.4) is 0 Å². The van der Waals surface area contributed by atoms with Crippen molar-refractivity contribution in [3.63, 3.8) is 0 Å². The minimum Gasteiger partial charge on any atom is -0.338 e. The van der Waals surface area contributed by atoms with E-state index in [-0.39, 0.29) is 12.4 Å². The molecule has 0 aliphatic carbocycles. The number of benzene rings is 1. The number of imidazole rings is 1. The summed E-state index contributed by atoms with van der Waals surface area (Å²) in [7, 11) is 0. The molecule has 14 heavy (non-hydrogen) atoms. The molecule has 0 aliphatic rings. The highest BCUT2D eigenvalue weighted by atomic mass is 35.5. The summed E-state index contributed by atoms with van der Waals surface area (Å²) >= 11 is 0. The van der Waals surface area contributed by atoms with Crippen LogP contribution in [0.15, 0.2) is 30.8 Å². The summed E-state index contributed by atoms with van der Waals surface area (Å²) in [5.74, 6) is 0.781. The number of rotatable bonds is 2. The smallest absolute Gasteiger partial charge is 0.135 e. The molecule has 1 heterocycles. The summed E-state index contributed by atoms with van der Waals surface area (Å²) < 4.78 is 0. The summed E-state index contributed by atoms with van der Waals surface area (Å²) in [4.78, 5) is 7.50. The number of para-hydroxylation sites is 2. The number of halogens is 1. The molecule has 0 bridgehead atoms. The number of nitrogens with one attached hydrogen (secondary N) is 1. The van der Waals surface area contributed by atoms with Gasteiger partial charge in [0, 0.05) is 12.1 Å². The van der Waals surface area contributed by atoms with Gasteiger partial charge >= 0.3 is 0 Å². The molecule has 1 aromatic carbocycles. The second-order valence-corrected chi connectivity index (χ2v) is 2.91. The lowest BCUT2D eigenvalue weighted by Crippen LogP contribution is -2.01. The Morgan fingerprint density at radius 3 is 2.79 bits per heavy atom. The van der Waals surface area contributed by atoms with Crippen LogP contribution in [0.25, 0.3) is 16.6 Å². The van der Waals surface area contributed by atoms with Crippen molar-refractivity contribution in [3.8, 4) is 0 Å². The lowest BCUT2D eigenvalue weighted by atomic mass is 10.3. The zero-order valence-electron chi connectivity index (χ0n) is 7.66. The Morgan fingerprint density at radius 2 is 2.14 bits per heavy atom. The first kappa shape index (κ1) is 10.8. The molecule has 0 radical (unpaired) electrons. The first-order chi connectivity index (χ1) is 6.31. The van der Waals surface area contributed by atoms with Gasteiger partial charge in [0.05, 0.1) is 11.0 Å². The molecule has 0 atom stereocenters. The largest absolute Gasteiger partial charge is 0.338 e. The van der Waals surface area contributed by atoms with Crippen LogP contribution >= 0.6 is 12.4 Å². The Bertz CT molecular complexity index is 414. The Morgan fingerprint density at radius 1 is 1.43 bits per heavy atom. The molecular weight excluding hydrogens is 198 g/mol. The summed E-state index contributed by atoms with van der Waals surface area (Å²) in [6.07, 6.45) is 0. The number of nitrogens with zero attached hydrogens (tertiary/aromatic N) is 1. The lowest BCUT2D eigenvalue weighted by Gasteiger charge is -1.93. The number of hydrogen-bond acceptors (Lipinski definition) is 2. The third-order valence-corrected chi connectivity index (χ3v) is 1.97. The van der Waals surface area contributed by atoms with Crippen molar-refractivity contribution in [2.75, 3.05) is 6.54 Å². The summed E-state index contributed by atoms with van der Waals surface area (Å²) in [5.41, 5.74) is 8.27. The van der Waals surface area contributed by atoms with Crippen LogP contribution in [-0.4, -0.2) is 16.5 Å². The van der Waals surface area contributed by atoms with Crippen LogP contribution in [0.2, 0.25) is 0 Å². The van der Waals surface area contributed by atoms with Gasteiger partial charge in [-0.25, -0.2) is 4.98 Å². The van der Waals surface area contributed by atoms with Gasteiger partial charge in [0.25, 0.3) is 0 Å². The minimum absolute atomic E-state index is 0. The van der Waals surface area contributed by atoms with E-state index < -0.39 is 0 Å². The molecular formula is C10H12ClN3. The molecule has 0 saturated heterocycles. The SMILES string of the molecule is C=C(CN)c1nc2ccccc2[nH]1.Cl. The number of aromatic nitrogens is 2. The van der Waals surface area contributed by atoms with Gasteiger partial charge in [0.1, 0.15) is 5.82 Å². The monoisotopic (exact) mass is 209 g/mol. The predicted molar refractivity (Wildman–Crippen MR) is 61.4 cm³/mol. The van der Waals surface area contributed by atoms with Crippen LogP contribution in [0.1, 0.15) is 5.82 Å². The molecule has 0 amide bonds. The molecule has 1 aromatic heterocycles. The number of nitrogens with two attached hydrogens (primary N) is 1.